The van der Waals surface area contributed by atoms with E-state index in [0.29, 0.717) is 11.7 Å². The van der Waals surface area contributed by atoms with Crippen molar-refractivity contribution in [2.75, 3.05) is 19.7 Å². The first-order chi connectivity index (χ1) is 9.49. The largest absolute Gasteiger partial charge is 0.480 e. The lowest BCUT2D eigenvalue weighted by atomic mass is 9.95. The average Bonchev–Trinajstić information content (AvgIpc) is 2.64. The fourth-order valence-corrected chi connectivity index (χ4v) is 2.53. The number of rotatable bonds is 4. The summed E-state index contributed by atoms with van der Waals surface area (Å²) in [5.41, 5.74) is 1.74. The number of aryl methyl sites for hydroxylation is 2. The third-order valence-corrected chi connectivity index (χ3v) is 3.96. The molecule has 2 rings (SSSR count). The van der Waals surface area contributed by atoms with Crippen molar-refractivity contribution in [3.05, 3.63) is 11.4 Å². The van der Waals surface area contributed by atoms with Gasteiger partial charge in [0.2, 0.25) is 0 Å². The van der Waals surface area contributed by atoms with Gasteiger partial charge in [0.25, 0.3) is 5.91 Å². The van der Waals surface area contributed by atoms with Crippen LogP contribution in [-0.4, -0.2) is 41.4 Å². The molecule has 0 aromatic carbocycles. The van der Waals surface area contributed by atoms with Gasteiger partial charge in [-0.25, -0.2) is 0 Å². The van der Waals surface area contributed by atoms with Crippen LogP contribution in [0.4, 0.5) is 0 Å². The highest BCUT2D eigenvalue weighted by Crippen LogP contribution is 2.21. The SMILES string of the molecule is Cc1nn(C)c(C)c1OCC(=O)NC1CNCCC1C. The smallest absolute Gasteiger partial charge is 0.258 e. The minimum Gasteiger partial charge on any atom is -0.480 e. The Morgan fingerprint density at radius 3 is 2.90 bits per heavy atom. The molecule has 0 spiro atoms. The number of hydrogen-bond donors (Lipinski definition) is 2. The Kier molecular flexibility index (Phi) is 4.65. The maximum Gasteiger partial charge on any atom is 0.258 e. The summed E-state index contributed by atoms with van der Waals surface area (Å²) in [4.78, 5) is 12.0. The molecule has 0 saturated carbocycles. The first kappa shape index (κ1) is 14.8. The molecule has 1 aliphatic rings. The molecule has 1 amide bonds. The predicted octanol–water partition coefficient (Wildman–Crippen LogP) is 0.530. The maximum atomic E-state index is 12.0. The molecule has 2 N–H and O–H groups in total. The molecule has 0 aliphatic carbocycles. The fraction of sp³-hybridized carbons (Fsp3) is 0.714. The molecule has 112 valence electrons. The van der Waals surface area contributed by atoms with Gasteiger partial charge in [0, 0.05) is 19.6 Å². The lowest BCUT2D eigenvalue weighted by molar-refractivity contribution is -0.124. The van der Waals surface area contributed by atoms with Crippen LogP contribution >= 0.6 is 0 Å². The molecule has 1 fully saturated rings. The van der Waals surface area contributed by atoms with E-state index in [9.17, 15) is 4.79 Å². The van der Waals surface area contributed by atoms with Gasteiger partial charge in [0.05, 0.1) is 5.69 Å². The van der Waals surface area contributed by atoms with Gasteiger partial charge >= 0.3 is 0 Å². The second-order valence-corrected chi connectivity index (χ2v) is 5.56. The van der Waals surface area contributed by atoms with Gasteiger partial charge in [-0.15, -0.1) is 0 Å². The normalized spacial score (nSPS) is 22.6. The van der Waals surface area contributed by atoms with Crippen LogP contribution in [0.3, 0.4) is 0 Å². The monoisotopic (exact) mass is 280 g/mol. The lowest BCUT2D eigenvalue weighted by Gasteiger charge is -2.30. The second-order valence-electron chi connectivity index (χ2n) is 5.56. The molecule has 6 nitrogen and oxygen atoms in total. The summed E-state index contributed by atoms with van der Waals surface area (Å²) in [6, 6.07) is 0.191. The predicted molar refractivity (Wildman–Crippen MR) is 76.8 cm³/mol. The summed E-state index contributed by atoms with van der Waals surface area (Å²) in [5, 5.41) is 10.6. The van der Waals surface area contributed by atoms with Gasteiger partial charge in [-0.3, -0.25) is 9.48 Å². The van der Waals surface area contributed by atoms with Crippen molar-refractivity contribution in [2.24, 2.45) is 13.0 Å². The number of carbonyl (C=O) groups is 1. The molecule has 20 heavy (non-hydrogen) atoms. The van der Waals surface area contributed by atoms with Crippen molar-refractivity contribution >= 4 is 5.91 Å². The van der Waals surface area contributed by atoms with Crippen molar-refractivity contribution in [2.45, 2.75) is 33.2 Å². The van der Waals surface area contributed by atoms with Gasteiger partial charge in [-0.05, 0) is 32.7 Å². The molecule has 2 unspecified atom stereocenters. The summed E-state index contributed by atoms with van der Waals surface area (Å²) < 4.78 is 7.37. The second kappa shape index (κ2) is 6.26. The first-order valence-electron chi connectivity index (χ1n) is 7.12. The minimum absolute atomic E-state index is 0.0383. The average molecular weight is 280 g/mol. The van der Waals surface area contributed by atoms with E-state index in [1.165, 1.54) is 0 Å². The number of hydrogen-bond acceptors (Lipinski definition) is 4. The van der Waals surface area contributed by atoms with E-state index >= 15 is 0 Å². The molecule has 1 aromatic rings. The van der Waals surface area contributed by atoms with E-state index < -0.39 is 0 Å². The Bertz CT molecular complexity index is 484. The van der Waals surface area contributed by atoms with Gasteiger partial charge in [-0.1, -0.05) is 6.92 Å². The molecular weight excluding hydrogens is 256 g/mol. The highest BCUT2D eigenvalue weighted by Gasteiger charge is 2.23. The van der Waals surface area contributed by atoms with Crippen LogP contribution < -0.4 is 15.4 Å². The van der Waals surface area contributed by atoms with E-state index in [1.807, 2.05) is 20.9 Å². The fourth-order valence-electron chi connectivity index (χ4n) is 2.53. The third-order valence-electron chi connectivity index (χ3n) is 3.96. The summed E-state index contributed by atoms with van der Waals surface area (Å²) in [7, 11) is 1.87. The van der Waals surface area contributed by atoms with Crippen molar-refractivity contribution < 1.29 is 9.53 Å². The van der Waals surface area contributed by atoms with Crippen LogP contribution in [-0.2, 0) is 11.8 Å². The number of nitrogens with one attached hydrogen (secondary N) is 2. The molecule has 0 radical (unpaired) electrons. The van der Waals surface area contributed by atoms with Crippen LogP contribution in [0.15, 0.2) is 0 Å². The van der Waals surface area contributed by atoms with Crippen LogP contribution in [0, 0.1) is 19.8 Å². The zero-order chi connectivity index (χ0) is 14.7. The number of ether oxygens (including phenoxy) is 1. The Labute approximate surface area is 119 Å². The Morgan fingerprint density at radius 1 is 1.55 bits per heavy atom. The van der Waals surface area contributed by atoms with E-state index in [4.69, 9.17) is 4.74 Å². The van der Waals surface area contributed by atoms with Crippen LogP contribution in [0.1, 0.15) is 24.7 Å². The van der Waals surface area contributed by atoms with Crippen LogP contribution in [0.25, 0.3) is 0 Å². The van der Waals surface area contributed by atoms with E-state index in [1.54, 1.807) is 4.68 Å². The number of aromatic nitrogens is 2. The topological polar surface area (TPSA) is 68.2 Å². The molecule has 1 aromatic heterocycles. The van der Waals surface area contributed by atoms with E-state index in [-0.39, 0.29) is 18.6 Å². The number of nitrogens with zero attached hydrogens (tertiary/aromatic N) is 2. The Hall–Kier alpha value is -1.56. The zero-order valence-corrected chi connectivity index (χ0v) is 12.7. The molecule has 0 bridgehead atoms. The summed E-state index contributed by atoms with van der Waals surface area (Å²) in [6.07, 6.45) is 1.09. The number of amides is 1. The van der Waals surface area contributed by atoms with E-state index in [2.05, 4.69) is 22.7 Å². The van der Waals surface area contributed by atoms with E-state index in [0.717, 1.165) is 30.9 Å². The van der Waals surface area contributed by atoms with Crippen molar-refractivity contribution in [1.82, 2.24) is 20.4 Å². The summed E-state index contributed by atoms with van der Waals surface area (Å²) in [5.74, 6) is 1.13. The van der Waals surface area contributed by atoms with Gasteiger partial charge < -0.3 is 15.4 Å². The standard InChI is InChI=1S/C14H24N4O2/c1-9-5-6-15-7-12(9)16-13(19)8-20-14-10(2)17-18(4)11(14)3/h9,12,15H,5-8H2,1-4H3,(H,16,19). The Balaban J connectivity index is 1.86. The van der Waals surface area contributed by atoms with Gasteiger partial charge in [0.1, 0.15) is 5.69 Å². The first-order valence-corrected chi connectivity index (χ1v) is 7.12. The van der Waals surface area contributed by atoms with Gasteiger partial charge in [0.15, 0.2) is 12.4 Å². The zero-order valence-electron chi connectivity index (χ0n) is 12.7. The van der Waals surface area contributed by atoms with Crippen molar-refractivity contribution in [3.63, 3.8) is 0 Å². The van der Waals surface area contributed by atoms with Crippen LogP contribution in [0.2, 0.25) is 0 Å². The molecule has 1 saturated heterocycles. The summed E-state index contributed by atoms with van der Waals surface area (Å²) >= 11 is 0. The van der Waals surface area contributed by atoms with Gasteiger partial charge in [-0.2, -0.15) is 5.10 Å². The van der Waals surface area contributed by atoms with Crippen LogP contribution in [0.5, 0.6) is 5.75 Å². The molecule has 2 heterocycles. The number of carbonyl (C=O) groups excluding carboxylic acids is 1. The lowest BCUT2D eigenvalue weighted by Crippen LogP contribution is -2.51. The highest BCUT2D eigenvalue weighted by atomic mass is 16.5. The number of piperidine rings is 1. The van der Waals surface area contributed by atoms with Crippen molar-refractivity contribution in [1.29, 1.82) is 0 Å². The Morgan fingerprint density at radius 2 is 2.30 bits per heavy atom. The molecule has 6 heteroatoms. The summed E-state index contributed by atoms with van der Waals surface area (Å²) in [6.45, 7) is 7.88. The van der Waals surface area contributed by atoms with Crippen molar-refractivity contribution in [3.8, 4) is 5.75 Å². The molecular formula is C14H24N4O2. The third kappa shape index (κ3) is 3.30. The molecule has 2 atom stereocenters. The minimum atomic E-state index is -0.0757. The maximum absolute atomic E-state index is 12.0. The highest BCUT2D eigenvalue weighted by molar-refractivity contribution is 5.78. The molecule has 1 aliphatic heterocycles. The quantitative estimate of drug-likeness (QED) is 0.844.